The maximum absolute atomic E-state index is 13.2. The van der Waals surface area contributed by atoms with Gasteiger partial charge < -0.3 is 10.0 Å². The van der Waals surface area contributed by atoms with E-state index in [0.717, 1.165) is 5.56 Å². The minimum absolute atomic E-state index is 0.221. The number of carboxylic acid groups (broad SMARTS) is 1. The number of hydrogen-bond donors (Lipinski definition) is 1. The summed E-state index contributed by atoms with van der Waals surface area (Å²) in [5.74, 6) is -1.85. The first-order chi connectivity index (χ1) is 8.99. The molecule has 2 rings (SSSR count). The SMILES string of the molecule is Cc1ccc(F)cc1C(=O)N1CCC(C(=O)O)CC1. The van der Waals surface area contributed by atoms with Crippen LogP contribution in [0.2, 0.25) is 0 Å². The summed E-state index contributed by atoms with van der Waals surface area (Å²) in [7, 11) is 0. The van der Waals surface area contributed by atoms with E-state index in [0.29, 0.717) is 31.5 Å². The molecule has 102 valence electrons. The van der Waals surface area contributed by atoms with Gasteiger partial charge in [0.2, 0.25) is 0 Å². The van der Waals surface area contributed by atoms with Crippen LogP contribution < -0.4 is 0 Å². The molecular formula is C14H16FNO3. The second-order valence-corrected chi connectivity index (χ2v) is 4.86. The van der Waals surface area contributed by atoms with Gasteiger partial charge in [-0.2, -0.15) is 0 Å². The third kappa shape index (κ3) is 2.92. The second-order valence-electron chi connectivity index (χ2n) is 4.86. The van der Waals surface area contributed by atoms with E-state index in [1.807, 2.05) is 0 Å². The van der Waals surface area contributed by atoms with E-state index in [4.69, 9.17) is 5.11 Å². The standard InChI is InChI=1S/C14H16FNO3/c1-9-2-3-11(15)8-12(9)13(17)16-6-4-10(5-7-16)14(18)19/h2-3,8,10H,4-7H2,1H3,(H,18,19). The maximum atomic E-state index is 13.2. The molecule has 1 aromatic carbocycles. The number of piperidine rings is 1. The molecule has 1 fully saturated rings. The summed E-state index contributed by atoms with van der Waals surface area (Å²) in [5.41, 5.74) is 1.08. The molecule has 1 heterocycles. The van der Waals surface area contributed by atoms with Crippen molar-refractivity contribution in [3.05, 3.63) is 35.1 Å². The van der Waals surface area contributed by atoms with Gasteiger partial charge in [0.05, 0.1) is 5.92 Å². The summed E-state index contributed by atoms with van der Waals surface area (Å²) in [6.07, 6.45) is 0.908. The first-order valence-electron chi connectivity index (χ1n) is 6.27. The van der Waals surface area contributed by atoms with E-state index in [1.54, 1.807) is 17.9 Å². The molecule has 1 aromatic rings. The fourth-order valence-electron chi connectivity index (χ4n) is 2.32. The topological polar surface area (TPSA) is 57.6 Å². The largest absolute Gasteiger partial charge is 0.481 e. The highest BCUT2D eigenvalue weighted by molar-refractivity contribution is 5.95. The molecule has 0 atom stereocenters. The van der Waals surface area contributed by atoms with E-state index in [1.165, 1.54) is 12.1 Å². The van der Waals surface area contributed by atoms with Crippen molar-refractivity contribution in [3.8, 4) is 0 Å². The Balaban J connectivity index is 2.09. The van der Waals surface area contributed by atoms with Crippen LogP contribution in [0.5, 0.6) is 0 Å². The highest BCUT2D eigenvalue weighted by atomic mass is 19.1. The number of rotatable bonds is 2. The second kappa shape index (κ2) is 5.38. The number of halogens is 1. The lowest BCUT2D eigenvalue weighted by molar-refractivity contribution is -0.143. The molecule has 0 radical (unpaired) electrons. The first-order valence-corrected chi connectivity index (χ1v) is 6.27. The lowest BCUT2D eigenvalue weighted by Gasteiger charge is -2.30. The number of aryl methyl sites for hydroxylation is 1. The number of carbonyl (C=O) groups excluding carboxylic acids is 1. The van der Waals surface area contributed by atoms with Gasteiger partial charge in [-0.25, -0.2) is 4.39 Å². The lowest BCUT2D eigenvalue weighted by Crippen LogP contribution is -2.40. The molecule has 0 bridgehead atoms. The lowest BCUT2D eigenvalue weighted by atomic mass is 9.96. The number of amides is 1. The minimum Gasteiger partial charge on any atom is -0.481 e. The Bertz CT molecular complexity index is 507. The van der Waals surface area contributed by atoms with Crippen LogP contribution in [0.1, 0.15) is 28.8 Å². The fourth-order valence-corrected chi connectivity index (χ4v) is 2.32. The van der Waals surface area contributed by atoms with E-state index in [-0.39, 0.29) is 11.8 Å². The summed E-state index contributed by atoms with van der Waals surface area (Å²) < 4.78 is 13.2. The van der Waals surface area contributed by atoms with E-state index in [9.17, 15) is 14.0 Å². The molecular weight excluding hydrogens is 249 g/mol. The van der Waals surface area contributed by atoms with Crippen LogP contribution in [0.3, 0.4) is 0 Å². The Labute approximate surface area is 110 Å². The van der Waals surface area contributed by atoms with Gasteiger partial charge in [0, 0.05) is 18.7 Å². The molecule has 0 unspecified atom stereocenters. The number of carboxylic acids is 1. The summed E-state index contributed by atoms with van der Waals surface area (Å²) in [6.45, 7) is 2.58. The van der Waals surface area contributed by atoms with Crippen LogP contribution >= 0.6 is 0 Å². The van der Waals surface area contributed by atoms with Gasteiger partial charge in [-0.3, -0.25) is 9.59 Å². The molecule has 0 aromatic heterocycles. The van der Waals surface area contributed by atoms with Crippen molar-refractivity contribution in [2.24, 2.45) is 5.92 Å². The van der Waals surface area contributed by atoms with Crippen LogP contribution in [0.15, 0.2) is 18.2 Å². The first kappa shape index (κ1) is 13.5. The molecule has 1 saturated heterocycles. The van der Waals surface area contributed by atoms with Crippen LogP contribution in [0.25, 0.3) is 0 Å². The Hall–Kier alpha value is -1.91. The van der Waals surface area contributed by atoms with Crippen molar-refractivity contribution >= 4 is 11.9 Å². The van der Waals surface area contributed by atoms with Gasteiger partial charge in [-0.15, -0.1) is 0 Å². The summed E-state index contributed by atoms with van der Waals surface area (Å²) >= 11 is 0. The van der Waals surface area contributed by atoms with Gasteiger partial charge in [0.25, 0.3) is 5.91 Å². The normalized spacial score (nSPS) is 16.4. The van der Waals surface area contributed by atoms with Crippen molar-refractivity contribution in [1.29, 1.82) is 0 Å². The Morgan fingerprint density at radius 1 is 1.32 bits per heavy atom. The molecule has 19 heavy (non-hydrogen) atoms. The fraction of sp³-hybridized carbons (Fsp3) is 0.429. The zero-order valence-electron chi connectivity index (χ0n) is 10.7. The number of carbonyl (C=O) groups is 2. The third-order valence-corrected chi connectivity index (χ3v) is 3.56. The predicted octanol–water partition coefficient (Wildman–Crippen LogP) is 2.07. The van der Waals surface area contributed by atoms with Crippen LogP contribution in [0.4, 0.5) is 4.39 Å². The Kier molecular flexibility index (Phi) is 3.83. The summed E-state index contributed by atoms with van der Waals surface area (Å²) in [6, 6.07) is 4.14. The van der Waals surface area contributed by atoms with Gasteiger partial charge in [0.15, 0.2) is 0 Å². The summed E-state index contributed by atoms with van der Waals surface area (Å²) in [4.78, 5) is 24.7. The molecule has 1 N–H and O–H groups in total. The molecule has 1 aliphatic heterocycles. The molecule has 0 aliphatic carbocycles. The minimum atomic E-state index is -0.811. The quantitative estimate of drug-likeness (QED) is 0.890. The van der Waals surface area contributed by atoms with Crippen molar-refractivity contribution in [1.82, 2.24) is 4.90 Å². The smallest absolute Gasteiger partial charge is 0.306 e. The number of hydrogen-bond acceptors (Lipinski definition) is 2. The van der Waals surface area contributed by atoms with Crippen molar-refractivity contribution in [2.45, 2.75) is 19.8 Å². The van der Waals surface area contributed by atoms with Crippen LogP contribution in [-0.2, 0) is 4.79 Å². The van der Waals surface area contributed by atoms with Crippen molar-refractivity contribution in [2.75, 3.05) is 13.1 Å². The number of likely N-dealkylation sites (tertiary alicyclic amines) is 1. The van der Waals surface area contributed by atoms with Crippen LogP contribution in [0, 0.1) is 18.7 Å². The summed E-state index contributed by atoms with van der Waals surface area (Å²) in [5, 5.41) is 8.91. The molecule has 1 aliphatic rings. The maximum Gasteiger partial charge on any atom is 0.306 e. The van der Waals surface area contributed by atoms with Gasteiger partial charge in [-0.1, -0.05) is 6.07 Å². The van der Waals surface area contributed by atoms with E-state index >= 15 is 0 Å². The van der Waals surface area contributed by atoms with Crippen molar-refractivity contribution in [3.63, 3.8) is 0 Å². The third-order valence-electron chi connectivity index (χ3n) is 3.56. The Morgan fingerprint density at radius 3 is 2.53 bits per heavy atom. The van der Waals surface area contributed by atoms with Gasteiger partial charge in [-0.05, 0) is 37.5 Å². The molecule has 0 spiro atoms. The number of nitrogens with zero attached hydrogens (tertiary/aromatic N) is 1. The highest BCUT2D eigenvalue weighted by Gasteiger charge is 2.28. The van der Waals surface area contributed by atoms with Crippen LogP contribution in [-0.4, -0.2) is 35.0 Å². The molecule has 1 amide bonds. The predicted molar refractivity (Wildman–Crippen MR) is 67.4 cm³/mol. The molecule has 0 saturated carbocycles. The van der Waals surface area contributed by atoms with Crippen molar-refractivity contribution < 1.29 is 19.1 Å². The average molecular weight is 265 g/mol. The van der Waals surface area contributed by atoms with Gasteiger partial charge in [0.1, 0.15) is 5.82 Å². The Morgan fingerprint density at radius 2 is 1.95 bits per heavy atom. The average Bonchev–Trinajstić information content (AvgIpc) is 2.41. The zero-order chi connectivity index (χ0) is 14.0. The van der Waals surface area contributed by atoms with E-state index < -0.39 is 11.8 Å². The number of aliphatic carboxylic acids is 1. The highest BCUT2D eigenvalue weighted by Crippen LogP contribution is 2.20. The molecule has 5 heteroatoms. The van der Waals surface area contributed by atoms with E-state index in [2.05, 4.69) is 0 Å². The number of benzene rings is 1. The zero-order valence-corrected chi connectivity index (χ0v) is 10.7. The molecule has 4 nitrogen and oxygen atoms in total. The van der Waals surface area contributed by atoms with Gasteiger partial charge >= 0.3 is 5.97 Å². The monoisotopic (exact) mass is 265 g/mol.